The lowest BCUT2D eigenvalue weighted by Crippen LogP contribution is -2.21. The van der Waals surface area contributed by atoms with E-state index in [-0.39, 0.29) is 6.61 Å². The summed E-state index contributed by atoms with van der Waals surface area (Å²) >= 11 is 0. The third-order valence-electron chi connectivity index (χ3n) is 2.65. The number of aliphatic hydroxyl groups excluding tert-OH is 1. The lowest BCUT2D eigenvalue weighted by Gasteiger charge is -2.17. The Labute approximate surface area is 111 Å². The molecule has 0 aromatic heterocycles. The van der Waals surface area contributed by atoms with E-state index >= 15 is 0 Å². The van der Waals surface area contributed by atoms with Crippen LogP contribution in [0.1, 0.15) is 25.3 Å². The van der Waals surface area contributed by atoms with Gasteiger partial charge in [-0.3, -0.25) is 0 Å². The molecule has 0 spiro atoms. The van der Waals surface area contributed by atoms with Gasteiger partial charge in [0.15, 0.2) is 0 Å². The number of aliphatic hydroxyl groups is 2. The summed E-state index contributed by atoms with van der Waals surface area (Å²) in [7, 11) is -1.25. The minimum atomic E-state index is -1.25. The molecule has 2 atom stereocenters. The molecule has 0 bridgehead atoms. The third kappa shape index (κ3) is 5.12. The maximum absolute atomic E-state index is 11.9. The second-order valence-corrected chi connectivity index (χ2v) is 5.94. The Kier molecular flexibility index (Phi) is 5.72. The molecule has 2 N–H and O–H groups in total. The van der Waals surface area contributed by atoms with E-state index in [1.807, 2.05) is 31.2 Å². The first kappa shape index (κ1) is 15.1. The minimum absolute atomic E-state index is 0.0467. The molecule has 0 amide bonds. The van der Waals surface area contributed by atoms with Gasteiger partial charge >= 0.3 is 0 Å². The normalized spacial score (nSPS) is 16.7. The smallest absolute Gasteiger partial charge is 0.0809 e. The summed E-state index contributed by atoms with van der Waals surface area (Å²) in [4.78, 5) is 0.717. The number of benzene rings is 1. The number of hydrogen-bond donors (Lipinski definition) is 2. The Morgan fingerprint density at radius 1 is 1.33 bits per heavy atom. The van der Waals surface area contributed by atoms with Gasteiger partial charge in [-0.2, -0.15) is 0 Å². The van der Waals surface area contributed by atoms with E-state index in [2.05, 4.69) is 0 Å². The van der Waals surface area contributed by atoms with Gasteiger partial charge in [0.05, 0.1) is 16.4 Å². The fourth-order valence-corrected chi connectivity index (χ4v) is 2.46. The van der Waals surface area contributed by atoms with Crippen LogP contribution in [0, 0.1) is 6.92 Å². The molecule has 0 fully saturated rings. The predicted octanol–water partition coefficient (Wildman–Crippen LogP) is 2.14. The maximum atomic E-state index is 11.9. The molecule has 0 aliphatic carbocycles. The van der Waals surface area contributed by atoms with Crippen molar-refractivity contribution in [1.29, 1.82) is 0 Å². The van der Waals surface area contributed by atoms with Crippen LogP contribution in [0.25, 0.3) is 0 Å². The second kappa shape index (κ2) is 6.83. The molecule has 100 valence electrons. The highest BCUT2D eigenvalue weighted by atomic mass is 32.2. The average molecular weight is 268 g/mol. The van der Waals surface area contributed by atoms with Gasteiger partial charge in [-0.15, -0.1) is 0 Å². The van der Waals surface area contributed by atoms with Crippen LogP contribution < -0.4 is 0 Å². The van der Waals surface area contributed by atoms with Crippen LogP contribution in [0.5, 0.6) is 0 Å². The van der Waals surface area contributed by atoms with Crippen molar-refractivity contribution in [3.8, 4) is 0 Å². The van der Waals surface area contributed by atoms with Gasteiger partial charge in [0, 0.05) is 16.9 Å². The van der Waals surface area contributed by atoms with E-state index in [9.17, 15) is 9.32 Å². The first-order valence-electron chi connectivity index (χ1n) is 5.94. The van der Waals surface area contributed by atoms with E-state index in [1.54, 1.807) is 13.0 Å². The zero-order valence-corrected chi connectivity index (χ0v) is 11.6. The Morgan fingerprint density at radius 3 is 2.50 bits per heavy atom. The number of rotatable bonds is 6. The fraction of sp³-hybridized carbons (Fsp3) is 0.429. The number of hydrogen-bond acceptors (Lipinski definition) is 3. The van der Waals surface area contributed by atoms with Crippen molar-refractivity contribution < 1.29 is 14.4 Å². The highest BCUT2D eigenvalue weighted by Crippen LogP contribution is 2.16. The summed E-state index contributed by atoms with van der Waals surface area (Å²) in [5.41, 5.74) is 0.0954. The monoisotopic (exact) mass is 268 g/mol. The molecular weight excluding hydrogens is 248 g/mol. The summed E-state index contributed by atoms with van der Waals surface area (Å²) in [5.74, 6) is 0. The predicted molar refractivity (Wildman–Crippen MR) is 73.7 cm³/mol. The van der Waals surface area contributed by atoms with Crippen LogP contribution in [0.2, 0.25) is 0 Å². The molecule has 1 aromatic rings. The molecule has 3 nitrogen and oxygen atoms in total. The van der Waals surface area contributed by atoms with Crippen molar-refractivity contribution >= 4 is 10.8 Å². The molecule has 4 heteroatoms. The van der Waals surface area contributed by atoms with Gasteiger partial charge in [0.2, 0.25) is 0 Å². The van der Waals surface area contributed by atoms with Crippen molar-refractivity contribution in [3.63, 3.8) is 0 Å². The van der Waals surface area contributed by atoms with Gasteiger partial charge in [0.25, 0.3) is 0 Å². The van der Waals surface area contributed by atoms with E-state index in [0.29, 0.717) is 12.8 Å². The molecule has 0 aliphatic rings. The molecule has 1 unspecified atom stereocenters. The largest absolute Gasteiger partial charge is 0.396 e. The van der Waals surface area contributed by atoms with Gasteiger partial charge in [0.1, 0.15) is 0 Å². The third-order valence-corrected chi connectivity index (χ3v) is 3.77. The molecule has 18 heavy (non-hydrogen) atoms. The van der Waals surface area contributed by atoms with Gasteiger partial charge < -0.3 is 10.2 Å². The summed E-state index contributed by atoms with van der Waals surface area (Å²) < 4.78 is 11.9. The van der Waals surface area contributed by atoms with Crippen molar-refractivity contribution in [2.75, 3.05) is 6.61 Å². The molecule has 0 radical (unpaired) electrons. The van der Waals surface area contributed by atoms with Crippen molar-refractivity contribution in [2.45, 2.75) is 37.2 Å². The SMILES string of the molecule is Cc1ccc(S(=O)/C=C/[C@@](C)(O)CCCO)cc1. The first-order valence-corrected chi connectivity index (χ1v) is 7.16. The van der Waals surface area contributed by atoms with Gasteiger partial charge in [-0.05, 0) is 44.9 Å². The standard InChI is InChI=1S/C14H20O3S/c1-12-4-6-13(7-5-12)18(17)11-9-14(2,16)8-3-10-15/h4-7,9,11,15-16H,3,8,10H2,1-2H3/b11-9+/t14-,18?/m0/s1. The van der Waals surface area contributed by atoms with Crippen molar-refractivity contribution in [2.24, 2.45) is 0 Å². The van der Waals surface area contributed by atoms with Crippen LogP contribution in [0.3, 0.4) is 0 Å². The summed E-state index contributed by atoms with van der Waals surface area (Å²) in [6.07, 6.45) is 2.51. The Balaban J connectivity index is 2.66. The highest BCUT2D eigenvalue weighted by molar-refractivity contribution is 7.88. The van der Waals surface area contributed by atoms with Crippen LogP contribution in [0.15, 0.2) is 40.6 Å². The molecule has 0 saturated heterocycles. The van der Waals surface area contributed by atoms with E-state index in [0.717, 1.165) is 10.5 Å². The highest BCUT2D eigenvalue weighted by Gasteiger charge is 2.15. The van der Waals surface area contributed by atoms with Crippen LogP contribution in [-0.2, 0) is 10.8 Å². The quantitative estimate of drug-likeness (QED) is 0.831. The average Bonchev–Trinajstić information content (AvgIpc) is 2.35. The second-order valence-electron chi connectivity index (χ2n) is 4.60. The zero-order chi connectivity index (χ0) is 13.6. The first-order chi connectivity index (χ1) is 8.44. The summed E-state index contributed by atoms with van der Waals surface area (Å²) in [6, 6.07) is 7.45. The van der Waals surface area contributed by atoms with Crippen LogP contribution >= 0.6 is 0 Å². The molecule has 0 aliphatic heterocycles. The molecule has 0 heterocycles. The van der Waals surface area contributed by atoms with E-state index in [4.69, 9.17) is 5.11 Å². The lowest BCUT2D eigenvalue weighted by molar-refractivity contribution is 0.0920. The van der Waals surface area contributed by atoms with Gasteiger partial charge in [-0.25, -0.2) is 4.21 Å². The van der Waals surface area contributed by atoms with E-state index < -0.39 is 16.4 Å². The van der Waals surface area contributed by atoms with Crippen molar-refractivity contribution in [3.05, 3.63) is 41.3 Å². The molecular formula is C14H20O3S. The topological polar surface area (TPSA) is 57.5 Å². The summed E-state index contributed by atoms with van der Waals surface area (Å²) in [6.45, 7) is 3.67. The molecule has 0 saturated carbocycles. The summed E-state index contributed by atoms with van der Waals surface area (Å²) in [5, 5.41) is 20.2. The molecule has 1 aromatic carbocycles. The van der Waals surface area contributed by atoms with Crippen LogP contribution in [0.4, 0.5) is 0 Å². The minimum Gasteiger partial charge on any atom is -0.396 e. The Morgan fingerprint density at radius 2 is 1.94 bits per heavy atom. The number of aryl methyl sites for hydroxylation is 1. The zero-order valence-electron chi connectivity index (χ0n) is 10.8. The van der Waals surface area contributed by atoms with Gasteiger partial charge in [-0.1, -0.05) is 17.7 Å². The fourth-order valence-electron chi connectivity index (χ4n) is 1.48. The Hall–Kier alpha value is -0.970. The van der Waals surface area contributed by atoms with E-state index in [1.165, 1.54) is 5.41 Å². The van der Waals surface area contributed by atoms with Crippen molar-refractivity contribution in [1.82, 2.24) is 0 Å². The lowest BCUT2D eigenvalue weighted by atomic mass is 10.0. The molecule has 1 rings (SSSR count). The Bertz CT molecular complexity index is 421. The van der Waals surface area contributed by atoms with Crippen LogP contribution in [-0.4, -0.2) is 26.6 Å². The maximum Gasteiger partial charge on any atom is 0.0809 e.